The van der Waals surface area contributed by atoms with E-state index in [1.54, 1.807) is 14.0 Å². The summed E-state index contributed by atoms with van der Waals surface area (Å²) >= 11 is 1.40. The lowest BCUT2D eigenvalue weighted by atomic mass is 9.86. The Morgan fingerprint density at radius 2 is 1.92 bits per heavy atom. The van der Waals surface area contributed by atoms with Crippen LogP contribution in [-0.2, 0) is 19.7 Å². The Morgan fingerprint density at radius 3 is 2.52 bits per heavy atom. The van der Waals surface area contributed by atoms with Crippen LogP contribution >= 0.6 is 11.3 Å². The molecule has 0 aliphatic heterocycles. The molecule has 0 aliphatic rings. The van der Waals surface area contributed by atoms with Crippen molar-refractivity contribution in [3.05, 3.63) is 35.2 Å². The van der Waals surface area contributed by atoms with Crippen LogP contribution in [0.4, 0.5) is 5.13 Å². The fraction of sp³-hybridized carbons (Fsp3) is 0.474. The summed E-state index contributed by atoms with van der Waals surface area (Å²) in [4.78, 5) is 16.6. The van der Waals surface area contributed by atoms with E-state index in [1.165, 1.54) is 16.9 Å². The Bertz CT molecular complexity index is 689. The van der Waals surface area contributed by atoms with Crippen LogP contribution in [-0.4, -0.2) is 37.3 Å². The molecule has 6 heteroatoms. The lowest BCUT2D eigenvalue weighted by Crippen LogP contribution is -2.28. The van der Waals surface area contributed by atoms with Gasteiger partial charge in [-0.3, -0.25) is 10.1 Å². The molecule has 0 saturated carbocycles. The van der Waals surface area contributed by atoms with Crippen LogP contribution in [0.5, 0.6) is 0 Å². The molecule has 25 heavy (non-hydrogen) atoms. The van der Waals surface area contributed by atoms with Gasteiger partial charge < -0.3 is 9.47 Å². The monoisotopic (exact) mass is 362 g/mol. The van der Waals surface area contributed by atoms with Crippen LogP contribution in [0.25, 0.3) is 11.3 Å². The van der Waals surface area contributed by atoms with Crippen molar-refractivity contribution in [2.75, 3.05) is 25.6 Å². The molecule has 1 aromatic carbocycles. The van der Waals surface area contributed by atoms with E-state index in [0.29, 0.717) is 18.3 Å². The van der Waals surface area contributed by atoms with Gasteiger partial charge in [0.25, 0.3) is 5.91 Å². The Hall–Kier alpha value is -1.76. The summed E-state index contributed by atoms with van der Waals surface area (Å²) in [5, 5.41) is 5.31. The molecule has 136 valence electrons. The first-order chi connectivity index (χ1) is 11.8. The second kappa shape index (κ2) is 8.56. The number of hydrogen-bond donors (Lipinski definition) is 1. The van der Waals surface area contributed by atoms with Gasteiger partial charge in [-0.05, 0) is 17.9 Å². The minimum atomic E-state index is -0.548. The molecule has 0 aliphatic carbocycles. The summed E-state index contributed by atoms with van der Waals surface area (Å²) in [7, 11) is 1.60. The van der Waals surface area contributed by atoms with Gasteiger partial charge in [0.05, 0.1) is 18.9 Å². The third kappa shape index (κ3) is 5.63. The molecule has 0 radical (unpaired) electrons. The summed E-state index contributed by atoms with van der Waals surface area (Å²) in [5.41, 5.74) is 3.29. The van der Waals surface area contributed by atoms with E-state index in [0.717, 1.165) is 11.3 Å². The third-order valence-electron chi connectivity index (χ3n) is 3.81. The number of benzene rings is 1. The smallest absolute Gasteiger partial charge is 0.254 e. The van der Waals surface area contributed by atoms with E-state index < -0.39 is 6.10 Å². The Balaban J connectivity index is 1.99. The van der Waals surface area contributed by atoms with E-state index in [4.69, 9.17) is 9.47 Å². The number of thiazole rings is 1. The van der Waals surface area contributed by atoms with E-state index in [1.807, 2.05) is 5.38 Å². The first kappa shape index (κ1) is 19.6. The average Bonchev–Trinajstić information content (AvgIpc) is 3.02. The highest BCUT2D eigenvalue weighted by atomic mass is 32.1. The fourth-order valence-electron chi connectivity index (χ4n) is 2.20. The summed E-state index contributed by atoms with van der Waals surface area (Å²) in [6, 6.07) is 8.38. The summed E-state index contributed by atoms with van der Waals surface area (Å²) in [6.07, 6.45) is -0.548. The number of rotatable bonds is 7. The zero-order valence-electron chi connectivity index (χ0n) is 15.5. The van der Waals surface area contributed by atoms with E-state index in [2.05, 4.69) is 55.3 Å². The van der Waals surface area contributed by atoms with E-state index in [9.17, 15) is 4.79 Å². The van der Waals surface area contributed by atoms with Crippen LogP contribution in [0.2, 0.25) is 0 Å². The number of nitrogens with zero attached hydrogens (tertiary/aromatic N) is 1. The number of methoxy groups -OCH3 is 1. The zero-order valence-corrected chi connectivity index (χ0v) is 16.3. The molecule has 0 spiro atoms. The van der Waals surface area contributed by atoms with Crippen molar-refractivity contribution in [3.8, 4) is 11.3 Å². The highest BCUT2D eigenvalue weighted by Crippen LogP contribution is 2.28. The van der Waals surface area contributed by atoms with Gasteiger partial charge in [0, 0.05) is 18.1 Å². The molecule has 0 fully saturated rings. The molecular weight excluding hydrogens is 336 g/mol. The summed E-state index contributed by atoms with van der Waals surface area (Å²) in [5.74, 6) is -0.208. The SMILES string of the molecule is COCCOC(C)C(=O)Nc1nc(-c2ccc(C(C)(C)C)cc2)cs1. The number of carbonyl (C=O) groups excluding carboxylic acids is 1. The number of carbonyl (C=O) groups is 1. The lowest BCUT2D eigenvalue weighted by molar-refractivity contribution is -0.127. The number of ether oxygens (including phenoxy) is 2. The number of hydrogen-bond acceptors (Lipinski definition) is 5. The number of amides is 1. The molecule has 0 saturated heterocycles. The molecule has 1 atom stereocenters. The van der Waals surface area contributed by atoms with Crippen LogP contribution in [0.1, 0.15) is 33.3 Å². The van der Waals surface area contributed by atoms with Crippen molar-refractivity contribution in [2.24, 2.45) is 0 Å². The van der Waals surface area contributed by atoms with Gasteiger partial charge in [-0.1, -0.05) is 45.0 Å². The maximum Gasteiger partial charge on any atom is 0.254 e. The van der Waals surface area contributed by atoms with Crippen LogP contribution in [0, 0.1) is 0 Å². The Kier molecular flexibility index (Phi) is 6.70. The standard InChI is InChI=1S/C19H26N2O3S/c1-13(24-11-10-23-5)17(22)21-18-20-16(12-25-18)14-6-8-15(9-7-14)19(2,3)4/h6-9,12-13H,10-11H2,1-5H3,(H,20,21,22). The van der Waals surface area contributed by atoms with E-state index in [-0.39, 0.29) is 11.3 Å². The second-order valence-corrected chi connectivity index (χ2v) is 7.72. The molecule has 1 N–H and O–H groups in total. The summed E-state index contributed by atoms with van der Waals surface area (Å²) in [6.45, 7) is 9.12. The maximum atomic E-state index is 12.1. The Labute approximate surface area is 153 Å². The fourth-order valence-corrected chi connectivity index (χ4v) is 2.92. The predicted molar refractivity (Wildman–Crippen MR) is 102 cm³/mol. The zero-order chi connectivity index (χ0) is 18.4. The van der Waals surface area contributed by atoms with Crippen LogP contribution < -0.4 is 5.32 Å². The largest absolute Gasteiger partial charge is 0.382 e. The molecule has 1 aromatic heterocycles. The molecule has 2 rings (SSSR count). The van der Waals surface area contributed by atoms with Gasteiger partial charge in [0.15, 0.2) is 5.13 Å². The summed E-state index contributed by atoms with van der Waals surface area (Å²) < 4.78 is 10.3. The highest BCUT2D eigenvalue weighted by Gasteiger charge is 2.16. The number of anilines is 1. The average molecular weight is 362 g/mol. The predicted octanol–water partition coefficient (Wildman–Crippen LogP) is 4.10. The lowest BCUT2D eigenvalue weighted by Gasteiger charge is -2.18. The molecule has 1 heterocycles. The second-order valence-electron chi connectivity index (χ2n) is 6.86. The topological polar surface area (TPSA) is 60.5 Å². The molecule has 2 aromatic rings. The maximum absolute atomic E-state index is 12.1. The van der Waals surface area contributed by atoms with Crippen LogP contribution in [0.15, 0.2) is 29.6 Å². The van der Waals surface area contributed by atoms with Crippen molar-refractivity contribution >= 4 is 22.4 Å². The normalized spacial score (nSPS) is 12.8. The van der Waals surface area contributed by atoms with Gasteiger partial charge >= 0.3 is 0 Å². The van der Waals surface area contributed by atoms with Gasteiger partial charge in [0.1, 0.15) is 6.10 Å². The Morgan fingerprint density at radius 1 is 1.24 bits per heavy atom. The van der Waals surface area contributed by atoms with Crippen molar-refractivity contribution in [1.29, 1.82) is 0 Å². The van der Waals surface area contributed by atoms with E-state index >= 15 is 0 Å². The molecule has 0 bridgehead atoms. The minimum absolute atomic E-state index is 0.124. The highest BCUT2D eigenvalue weighted by molar-refractivity contribution is 7.14. The number of aromatic nitrogens is 1. The van der Waals surface area contributed by atoms with Gasteiger partial charge in [0.2, 0.25) is 0 Å². The van der Waals surface area contributed by atoms with Crippen molar-refractivity contribution < 1.29 is 14.3 Å². The first-order valence-corrected chi connectivity index (χ1v) is 9.17. The molecule has 1 unspecified atom stereocenters. The van der Waals surface area contributed by atoms with Gasteiger partial charge in [-0.25, -0.2) is 4.98 Å². The quantitative estimate of drug-likeness (QED) is 0.754. The van der Waals surface area contributed by atoms with Gasteiger partial charge in [-0.2, -0.15) is 0 Å². The minimum Gasteiger partial charge on any atom is -0.382 e. The van der Waals surface area contributed by atoms with Crippen LogP contribution in [0.3, 0.4) is 0 Å². The third-order valence-corrected chi connectivity index (χ3v) is 4.56. The van der Waals surface area contributed by atoms with Crippen molar-refractivity contribution in [1.82, 2.24) is 4.98 Å². The van der Waals surface area contributed by atoms with Crippen molar-refractivity contribution in [2.45, 2.75) is 39.2 Å². The number of nitrogens with one attached hydrogen (secondary N) is 1. The first-order valence-electron chi connectivity index (χ1n) is 8.29. The molecule has 5 nitrogen and oxygen atoms in total. The van der Waals surface area contributed by atoms with Gasteiger partial charge in [-0.15, -0.1) is 11.3 Å². The van der Waals surface area contributed by atoms with Crippen molar-refractivity contribution in [3.63, 3.8) is 0 Å². The molecular formula is C19H26N2O3S. The molecule has 1 amide bonds.